The Labute approximate surface area is 148 Å². The number of hydrogen-bond acceptors (Lipinski definition) is 4. The van der Waals surface area contributed by atoms with Gasteiger partial charge in [0.25, 0.3) is 0 Å². The number of nitrogens with one attached hydrogen (secondary N) is 1. The Morgan fingerprint density at radius 3 is 2.32 bits per heavy atom. The zero-order chi connectivity index (χ0) is 16.9. The molecule has 0 spiro atoms. The second-order valence-electron chi connectivity index (χ2n) is 8.46. The molecule has 132 valence electrons. The van der Waals surface area contributed by atoms with Gasteiger partial charge >= 0.3 is 0 Å². The maximum atomic E-state index is 5.60. The second-order valence-corrected chi connectivity index (χ2v) is 8.46. The molecule has 4 heteroatoms. The quantitative estimate of drug-likeness (QED) is 0.877. The first-order valence-electron chi connectivity index (χ1n) is 9.56. The van der Waals surface area contributed by atoms with E-state index in [1.54, 1.807) is 7.11 Å². The first-order chi connectivity index (χ1) is 12.2. The first kappa shape index (κ1) is 15.4. The molecule has 1 aromatic carbocycles. The fourth-order valence-corrected chi connectivity index (χ4v) is 5.90. The summed E-state index contributed by atoms with van der Waals surface area (Å²) in [6.45, 7) is 0.787. The zero-order valence-electron chi connectivity index (χ0n) is 14.8. The molecule has 6 rings (SSSR count). The Hall–Kier alpha value is -1.81. The third-order valence-corrected chi connectivity index (χ3v) is 6.62. The maximum Gasteiger partial charge on any atom is 0.151 e. The molecule has 1 aromatic heterocycles. The molecule has 4 aliphatic carbocycles. The van der Waals surface area contributed by atoms with Gasteiger partial charge in [-0.05, 0) is 80.5 Å². The highest BCUT2D eigenvalue weighted by atomic mass is 16.5. The molecule has 25 heavy (non-hydrogen) atoms. The van der Waals surface area contributed by atoms with E-state index in [1.807, 2.05) is 24.3 Å². The summed E-state index contributed by atoms with van der Waals surface area (Å²) < 4.78 is 10.8. The number of ether oxygens (including phenoxy) is 1. The van der Waals surface area contributed by atoms with Crippen LogP contribution in [0, 0.1) is 17.8 Å². The van der Waals surface area contributed by atoms with E-state index in [9.17, 15) is 0 Å². The van der Waals surface area contributed by atoms with Gasteiger partial charge < -0.3 is 14.6 Å². The van der Waals surface area contributed by atoms with Crippen molar-refractivity contribution >= 4 is 0 Å². The fourth-order valence-electron chi connectivity index (χ4n) is 5.90. The third-order valence-electron chi connectivity index (χ3n) is 6.62. The van der Waals surface area contributed by atoms with Gasteiger partial charge in [0.1, 0.15) is 11.4 Å². The molecule has 1 N–H and O–H groups in total. The molecule has 0 radical (unpaired) electrons. The molecule has 4 bridgehead atoms. The van der Waals surface area contributed by atoms with Crippen molar-refractivity contribution in [2.24, 2.45) is 17.8 Å². The van der Waals surface area contributed by atoms with Crippen molar-refractivity contribution in [2.45, 2.75) is 50.6 Å². The van der Waals surface area contributed by atoms with E-state index in [2.05, 4.69) is 16.5 Å². The number of rotatable bonds is 5. The van der Waals surface area contributed by atoms with Crippen LogP contribution >= 0.6 is 0 Å². The van der Waals surface area contributed by atoms with Crippen LogP contribution in [-0.2, 0) is 6.54 Å². The summed E-state index contributed by atoms with van der Waals surface area (Å²) >= 11 is 0. The Morgan fingerprint density at radius 1 is 1.08 bits per heavy atom. The third kappa shape index (κ3) is 2.86. The Balaban J connectivity index is 1.27. The summed E-state index contributed by atoms with van der Waals surface area (Å²) in [5, 5.41) is 8.12. The van der Waals surface area contributed by atoms with Crippen LogP contribution in [0.15, 0.2) is 34.9 Å². The molecule has 0 unspecified atom stereocenters. The fraction of sp³-hybridized carbons (Fsp3) is 0.571. The van der Waals surface area contributed by atoms with Crippen LogP contribution in [0.25, 0.3) is 11.3 Å². The lowest BCUT2D eigenvalue weighted by Gasteiger charge is -2.57. The molecule has 0 saturated heterocycles. The lowest BCUT2D eigenvalue weighted by Crippen LogP contribution is -2.58. The van der Waals surface area contributed by atoms with Crippen LogP contribution in [-0.4, -0.2) is 17.8 Å². The van der Waals surface area contributed by atoms with E-state index in [-0.39, 0.29) is 0 Å². The first-order valence-corrected chi connectivity index (χ1v) is 9.56. The SMILES string of the molecule is COc1ccc(-c2cc(CNC34CC5CC(CC(C5)C3)C4)on2)cc1. The van der Waals surface area contributed by atoms with E-state index >= 15 is 0 Å². The summed E-state index contributed by atoms with van der Waals surface area (Å²) in [6, 6.07) is 10.0. The zero-order valence-corrected chi connectivity index (χ0v) is 14.8. The van der Waals surface area contributed by atoms with Gasteiger partial charge in [-0.15, -0.1) is 0 Å². The van der Waals surface area contributed by atoms with Gasteiger partial charge in [-0.25, -0.2) is 0 Å². The van der Waals surface area contributed by atoms with Gasteiger partial charge in [-0.1, -0.05) is 5.16 Å². The van der Waals surface area contributed by atoms with E-state index in [4.69, 9.17) is 9.26 Å². The Bertz CT molecular complexity index is 714. The predicted octanol–water partition coefficient (Wildman–Crippen LogP) is 4.41. The van der Waals surface area contributed by atoms with Crippen LogP contribution in [0.3, 0.4) is 0 Å². The van der Waals surface area contributed by atoms with E-state index in [0.717, 1.165) is 47.1 Å². The summed E-state index contributed by atoms with van der Waals surface area (Å²) in [4.78, 5) is 0. The minimum absolute atomic E-state index is 0.363. The van der Waals surface area contributed by atoms with Crippen molar-refractivity contribution in [3.8, 4) is 17.0 Å². The minimum Gasteiger partial charge on any atom is -0.497 e. The largest absolute Gasteiger partial charge is 0.497 e. The second kappa shape index (κ2) is 5.87. The number of hydrogen-bond donors (Lipinski definition) is 1. The molecule has 4 fully saturated rings. The van der Waals surface area contributed by atoms with Crippen molar-refractivity contribution < 1.29 is 9.26 Å². The van der Waals surface area contributed by atoms with E-state index < -0.39 is 0 Å². The summed E-state index contributed by atoms with van der Waals surface area (Å²) in [7, 11) is 1.68. The Kier molecular flexibility index (Phi) is 3.63. The van der Waals surface area contributed by atoms with Crippen molar-refractivity contribution in [3.05, 3.63) is 36.1 Å². The highest BCUT2D eigenvalue weighted by Gasteiger charge is 2.50. The van der Waals surface area contributed by atoms with Gasteiger partial charge in [0, 0.05) is 17.2 Å². The van der Waals surface area contributed by atoms with Crippen LogP contribution in [0.5, 0.6) is 5.75 Å². The number of methoxy groups -OCH3 is 1. The van der Waals surface area contributed by atoms with Crippen LogP contribution in [0.2, 0.25) is 0 Å². The molecular weight excluding hydrogens is 312 g/mol. The van der Waals surface area contributed by atoms with Gasteiger partial charge in [-0.3, -0.25) is 0 Å². The molecular formula is C21H26N2O2. The van der Waals surface area contributed by atoms with Gasteiger partial charge in [0.15, 0.2) is 5.76 Å². The van der Waals surface area contributed by atoms with Crippen molar-refractivity contribution in [1.29, 1.82) is 0 Å². The van der Waals surface area contributed by atoms with E-state index in [1.165, 1.54) is 38.5 Å². The van der Waals surface area contributed by atoms with Crippen LogP contribution < -0.4 is 10.1 Å². The standard InChI is InChI=1S/C21H26N2O2/c1-24-18-4-2-17(3-5-18)20-9-19(25-23-20)13-22-21-10-14-6-15(11-21)8-16(7-14)12-21/h2-5,9,14-16,22H,6-8,10-13H2,1H3. The Morgan fingerprint density at radius 2 is 1.72 bits per heavy atom. The number of aromatic nitrogens is 1. The topological polar surface area (TPSA) is 47.3 Å². The molecule has 2 aromatic rings. The highest BCUT2D eigenvalue weighted by molar-refractivity contribution is 5.59. The number of benzene rings is 1. The molecule has 4 saturated carbocycles. The monoisotopic (exact) mass is 338 g/mol. The van der Waals surface area contributed by atoms with Crippen molar-refractivity contribution in [3.63, 3.8) is 0 Å². The molecule has 4 nitrogen and oxygen atoms in total. The lowest BCUT2D eigenvalue weighted by molar-refractivity contribution is -0.0215. The van der Waals surface area contributed by atoms with Gasteiger partial charge in [-0.2, -0.15) is 0 Å². The smallest absolute Gasteiger partial charge is 0.151 e. The predicted molar refractivity (Wildman–Crippen MR) is 96.2 cm³/mol. The minimum atomic E-state index is 0.363. The molecule has 0 amide bonds. The molecule has 4 aliphatic rings. The van der Waals surface area contributed by atoms with Crippen LogP contribution in [0.4, 0.5) is 0 Å². The lowest BCUT2D eigenvalue weighted by atomic mass is 9.53. The summed E-state index contributed by atoms with van der Waals surface area (Å²) in [5.74, 6) is 4.67. The van der Waals surface area contributed by atoms with Gasteiger partial charge in [0.2, 0.25) is 0 Å². The van der Waals surface area contributed by atoms with Crippen molar-refractivity contribution in [2.75, 3.05) is 7.11 Å². The highest BCUT2D eigenvalue weighted by Crippen LogP contribution is 2.55. The molecule has 0 aliphatic heterocycles. The normalized spacial score (nSPS) is 32.9. The van der Waals surface area contributed by atoms with E-state index in [0.29, 0.717) is 5.54 Å². The van der Waals surface area contributed by atoms with Crippen molar-refractivity contribution in [1.82, 2.24) is 10.5 Å². The van der Waals surface area contributed by atoms with Crippen LogP contribution in [0.1, 0.15) is 44.3 Å². The average molecular weight is 338 g/mol. The average Bonchev–Trinajstić information content (AvgIpc) is 3.08. The molecule has 0 atom stereocenters. The molecule has 1 heterocycles. The maximum absolute atomic E-state index is 5.60. The summed E-state index contributed by atoms with van der Waals surface area (Å²) in [6.07, 6.45) is 8.51. The summed E-state index contributed by atoms with van der Waals surface area (Å²) in [5.41, 5.74) is 2.32. The van der Waals surface area contributed by atoms with Gasteiger partial charge in [0.05, 0.1) is 13.7 Å². The number of nitrogens with zero attached hydrogens (tertiary/aromatic N) is 1.